The third kappa shape index (κ3) is 4.22. The molecule has 0 aromatic carbocycles. The van der Waals surface area contributed by atoms with E-state index in [-0.39, 0.29) is 5.92 Å². The number of nitrogens with zero attached hydrogens (tertiary/aromatic N) is 3. The van der Waals surface area contributed by atoms with Crippen LogP contribution in [0.15, 0.2) is 15.5 Å². The Balaban J connectivity index is 2.66. The van der Waals surface area contributed by atoms with Crippen LogP contribution in [0, 0.1) is 11.8 Å². The number of hydrogen-bond acceptors (Lipinski definition) is 6. The smallest absolute Gasteiger partial charge is 0.107 e. The molecule has 0 bridgehead atoms. The molecule has 0 amide bonds. The van der Waals surface area contributed by atoms with Crippen molar-refractivity contribution in [2.45, 2.75) is 39.5 Å². The first-order chi connectivity index (χ1) is 9.13. The van der Waals surface area contributed by atoms with Gasteiger partial charge >= 0.3 is 0 Å². The van der Waals surface area contributed by atoms with Crippen LogP contribution in [0.25, 0.3) is 0 Å². The van der Waals surface area contributed by atoms with Gasteiger partial charge in [0.1, 0.15) is 25.6 Å². The highest BCUT2D eigenvalue weighted by Crippen LogP contribution is 2.31. The van der Waals surface area contributed by atoms with Crippen LogP contribution in [0.2, 0.25) is 0 Å². The van der Waals surface area contributed by atoms with Crippen molar-refractivity contribution in [1.82, 2.24) is 0 Å². The van der Waals surface area contributed by atoms with Gasteiger partial charge in [-0.05, 0) is 39.5 Å². The van der Waals surface area contributed by atoms with Gasteiger partial charge in [-0.2, -0.15) is 0 Å². The second kappa shape index (κ2) is 7.76. The molecule has 1 rings (SSSR count). The molecule has 1 N–H and O–H groups in total. The average Bonchev–Trinajstić information content (AvgIpc) is 2.44. The zero-order valence-corrected chi connectivity index (χ0v) is 12.1. The first-order valence-electron chi connectivity index (χ1n) is 6.51. The molecule has 1 aliphatic rings. The monoisotopic (exact) mass is 269 g/mol. The minimum atomic E-state index is 0.280. The Bertz CT molecular complexity index is 369. The topological polar surface area (TPSA) is 75.8 Å². The average molecular weight is 269 g/mol. The molecule has 1 aliphatic carbocycles. The van der Waals surface area contributed by atoms with Gasteiger partial charge in [0.2, 0.25) is 0 Å². The van der Waals surface area contributed by atoms with Crippen molar-refractivity contribution in [3.8, 4) is 0 Å². The summed E-state index contributed by atoms with van der Waals surface area (Å²) in [4.78, 5) is 9.66. The summed E-state index contributed by atoms with van der Waals surface area (Å²) >= 11 is 0. The van der Waals surface area contributed by atoms with Crippen molar-refractivity contribution in [2.75, 3.05) is 14.2 Å². The SMILES string of the molecule is CO/N=C(\C)C1CCC(C(=N\OC)/C(C)=N/O)CC1. The molecule has 0 aromatic heterocycles. The molecule has 0 aliphatic heterocycles. The molecular formula is C13H23N3O3. The molecule has 108 valence electrons. The second-order valence-electron chi connectivity index (χ2n) is 4.81. The van der Waals surface area contributed by atoms with Crippen molar-refractivity contribution >= 4 is 17.1 Å². The maximum Gasteiger partial charge on any atom is 0.107 e. The Morgan fingerprint density at radius 1 is 0.947 bits per heavy atom. The van der Waals surface area contributed by atoms with Gasteiger partial charge in [-0.3, -0.25) is 0 Å². The van der Waals surface area contributed by atoms with Crippen LogP contribution in [-0.2, 0) is 9.68 Å². The molecule has 1 fully saturated rings. The Hall–Kier alpha value is -1.59. The van der Waals surface area contributed by atoms with Crippen LogP contribution >= 0.6 is 0 Å². The lowest BCUT2D eigenvalue weighted by atomic mass is 9.77. The van der Waals surface area contributed by atoms with Crippen molar-refractivity contribution in [3.05, 3.63) is 0 Å². The Labute approximate surface area is 114 Å². The minimum Gasteiger partial charge on any atom is -0.411 e. The van der Waals surface area contributed by atoms with Crippen LogP contribution in [0.1, 0.15) is 39.5 Å². The maximum atomic E-state index is 8.89. The lowest BCUT2D eigenvalue weighted by Gasteiger charge is -2.28. The van der Waals surface area contributed by atoms with Crippen molar-refractivity contribution in [3.63, 3.8) is 0 Å². The lowest BCUT2D eigenvalue weighted by molar-refractivity contribution is 0.206. The Morgan fingerprint density at radius 3 is 1.95 bits per heavy atom. The van der Waals surface area contributed by atoms with E-state index in [1.807, 2.05) is 6.92 Å². The van der Waals surface area contributed by atoms with E-state index in [1.54, 1.807) is 14.0 Å². The lowest BCUT2D eigenvalue weighted by Crippen LogP contribution is -2.29. The summed E-state index contributed by atoms with van der Waals surface area (Å²) in [7, 11) is 3.07. The standard InChI is InChI=1S/C13H23N3O3/c1-9(15-18-3)11-5-7-12(8-6-11)13(16-19-4)10(2)14-17/h11-12,17H,5-8H2,1-4H3/b14-10+,15-9+,16-13-. The molecule has 1 saturated carbocycles. The fourth-order valence-electron chi connectivity index (χ4n) is 2.59. The van der Waals surface area contributed by atoms with E-state index in [0.29, 0.717) is 11.6 Å². The zero-order valence-electron chi connectivity index (χ0n) is 12.1. The highest BCUT2D eigenvalue weighted by molar-refractivity contribution is 6.41. The first-order valence-corrected chi connectivity index (χ1v) is 6.51. The summed E-state index contributed by atoms with van der Waals surface area (Å²) in [5, 5.41) is 20.1. The van der Waals surface area contributed by atoms with Gasteiger partial charge in [-0.15, -0.1) is 0 Å². The number of rotatable bonds is 5. The summed E-state index contributed by atoms with van der Waals surface area (Å²) < 4.78 is 0. The van der Waals surface area contributed by atoms with Gasteiger partial charge in [0.15, 0.2) is 0 Å². The van der Waals surface area contributed by atoms with E-state index in [1.165, 1.54) is 7.11 Å². The number of oxime groups is 3. The molecular weight excluding hydrogens is 246 g/mol. The highest BCUT2D eigenvalue weighted by atomic mass is 16.6. The minimum absolute atomic E-state index is 0.280. The normalized spacial score (nSPS) is 26.2. The third-order valence-corrected chi connectivity index (χ3v) is 3.65. The molecule has 0 saturated heterocycles. The van der Waals surface area contributed by atoms with Crippen molar-refractivity contribution in [1.29, 1.82) is 0 Å². The molecule has 19 heavy (non-hydrogen) atoms. The molecule has 0 atom stereocenters. The molecule has 0 aromatic rings. The summed E-state index contributed by atoms with van der Waals surface area (Å²) in [5.74, 6) is 0.744. The van der Waals surface area contributed by atoms with Gasteiger partial charge in [-0.1, -0.05) is 15.5 Å². The Kier molecular flexibility index (Phi) is 6.32. The molecule has 0 heterocycles. The first kappa shape index (κ1) is 15.5. The van der Waals surface area contributed by atoms with Gasteiger partial charge in [0.25, 0.3) is 0 Å². The predicted octanol–water partition coefficient (Wildman–Crippen LogP) is 2.67. The summed E-state index contributed by atoms with van der Waals surface area (Å²) in [6, 6.07) is 0. The molecule has 0 unspecified atom stereocenters. The van der Waals surface area contributed by atoms with Crippen LogP contribution in [0.4, 0.5) is 0 Å². The van der Waals surface area contributed by atoms with Crippen LogP contribution in [-0.4, -0.2) is 36.6 Å². The third-order valence-electron chi connectivity index (χ3n) is 3.65. The number of hydrogen-bond donors (Lipinski definition) is 1. The van der Waals surface area contributed by atoms with Crippen LogP contribution < -0.4 is 0 Å². The van der Waals surface area contributed by atoms with Crippen molar-refractivity contribution < 1.29 is 14.9 Å². The maximum absolute atomic E-state index is 8.89. The highest BCUT2D eigenvalue weighted by Gasteiger charge is 2.28. The summed E-state index contributed by atoms with van der Waals surface area (Å²) in [6.45, 7) is 3.74. The second-order valence-corrected chi connectivity index (χ2v) is 4.81. The largest absolute Gasteiger partial charge is 0.411 e. The van der Waals surface area contributed by atoms with Gasteiger partial charge in [0.05, 0.1) is 5.71 Å². The fraction of sp³-hybridized carbons (Fsp3) is 0.769. The summed E-state index contributed by atoms with van der Waals surface area (Å²) in [6.07, 6.45) is 4.03. The molecule has 6 nitrogen and oxygen atoms in total. The fourth-order valence-corrected chi connectivity index (χ4v) is 2.59. The predicted molar refractivity (Wildman–Crippen MR) is 74.9 cm³/mol. The van der Waals surface area contributed by atoms with E-state index in [2.05, 4.69) is 15.5 Å². The van der Waals surface area contributed by atoms with Gasteiger partial charge in [0, 0.05) is 11.8 Å². The van der Waals surface area contributed by atoms with Crippen LogP contribution in [0.3, 0.4) is 0 Å². The van der Waals surface area contributed by atoms with E-state index in [4.69, 9.17) is 14.9 Å². The quantitative estimate of drug-likeness (QED) is 0.473. The van der Waals surface area contributed by atoms with Crippen LogP contribution in [0.5, 0.6) is 0 Å². The molecule has 0 spiro atoms. The van der Waals surface area contributed by atoms with E-state index < -0.39 is 0 Å². The van der Waals surface area contributed by atoms with E-state index in [0.717, 1.165) is 37.1 Å². The van der Waals surface area contributed by atoms with E-state index >= 15 is 0 Å². The Morgan fingerprint density at radius 2 is 1.47 bits per heavy atom. The summed E-state index contributed by atoms with van der Waals surface area (Å²) in [5.41, 5.74) is 2.30. The molecule has 6 heteroatoms. The zero-order chi connectivity index (χ0) is 14.3. The van der Waals surface area contributed by atoms with Crippen molar-refractivity contribution in [2.24, 2.45) is 27.3 Å². The van der Waals surface area contributed by atoms with Gasteiger partial charge < -0.3 is 14.9 Å². The molecule has 0 radical (unpaired) electrons. The van der Waals surface area contributed by atoms with E-state index in [9.17, 15) is 0 Å². The van der Waals surface area contributed by atoms with Gasteiger partial charge in [-0.25, -0.2) is 0 Å².